The molecule has 0 saturated carbocycles. The molecule has 0 bridgehead atoms. The molecule has 1 unspecified atom stereocenters. The van der Waals surface area contributed by atoms with E-state index >= 15 is 0 Å². The maximum absolute atomic E-state index is 12.3. The average Bonchev–Trinajstić information content (AvgIpc) is 2.99. The van der Waals surface area contributed by atoms with Gasteiger partial charge in [0.25, 0.3) is 0 Å². The van der Waals surface area contributed by atoms with Crippen molar-refractivity contribution in [3.05, 3.63) is 0 Å². The Morgan fingerprint density at radius 3 is 2.48 bits per heavy atom. The Kier molecular flexibility index (Phi) is 6.19. The van der Waals surface area contributed by atoms with Crippen LogP contribution in [0.5, 0.6) is 0 Å². The van der Waals surface area contributed by atoms with E-state index in [0.717, 1.165) is 31.0 Å². The van der Waals surface area contributed by atoms with Gasteiger partial charge in [-0.1, -0.05) is 0 Å². The SMILES string of the molecule is CN(CC1CCN(C(=O)OC(C)(C)C)CC1)C(=O)C1CSCN1. The molecule has 2 aliphatic rings. The summed E-state index contributed by atoms with van der Waals surface area (Å²) in [6.07, 6.45) is 1.61. The Morgan fingerprint density at radius 2 is 1.96 bits per heavy atom. The summed E-state index contributed by atoms with van der Waals surface area (Å²) in [6.45, 7) is 7.83. The minimum Gasteiger partial charge on any atom is -0.444 e. The van der Waals surface area contributed by atoms with Gasteiger partial charge in [-0.25, -0.2) is 4.79 Å². The molecule has 0 spiro atoms. The molecule has 132 valence electrons. The Hall–Kier alpha value is -0.950. The number of hydrogen-bond acceptors (Lipinski definition) is 5. The molecule has 0 radical (unpaired) electrons. The molecule has 6 nitrogen and oxygen atoms in total. The maximum atomic E-state index is 12.3. The van der Waals surface area contributed by atoms with E-state index in [9.17, 15) is 9.59 Å². The van der Waals surface area contributed by atoms with Gasteiger partial charge in [0.2, 0.25) is 5.91 Å². The number of nitrogens with zero attached hydrogens (tertiary/aromatic N) is 2. The fourth-order valence-corrected chi connectivity index (χ4v) is 3.85. The first-order chi connectivity index (χ1) is 10.8. The number of nitrogens with one attached hydrogen (secondary N) is 1. The molecule has 2 aliphatic heterocycles. The highest BCUT2D eigenvalue weighted by Gasteiger charge is 2.30. The first-order valence-corrected chi connectivity index (χ1v) is 9.46. The number of carbonyl (C=O) groups is 2. The van der Waals surface area contributed by atoms with Crippen LogP contribution in [0.2, 0.25) is 0 Å². The van der Waals surface area contributed by atoms with Gasteiger partial charge in [-0.15, -0.1) is 11.8 Å². The van der Waals surface area contributed by atoms with E-state index in [1.165, 1.54) is 0 Å². The van der Waals surface area contributed by atoms with Crippen molar-refractivity contribution >= 4 is 23.8 Å². The van der Waals surface area contributed by atoms with Crippen molar-refractivity contribution in [1.82, 2.24) is 15.1 Å². The molecule has 0 aromatic heterocycles. The number of thioether (sulfide) groups is 1. The first kappa shape index (κ1) is 18.4. The van der Waals surface area contributed by atoms with Gasteiger partial charge in [0.1, 0.15) is 5.60 Å². The fourth-order valence-electron chi connectivity index (χ4n) is 2.92. The highest BCUT2D eigenvalue weighted by Crippen LogP contribution is 2.21. The van der Waals surface area contributed by atoms with Crippen molar-refractivity contribution < 1.29 is 14.3 Å². The van der Waals surface area contributed by atoms with Gasteiger partial charge in [-0.2, -0.15) is 0 Å². The molecule has 2 rings (SSSR count). The topological polar surface area (TPSA) is 61.9 Å². The average molecular weight is 343 g/mol. The maximum Gasteiger partial charge on any atom is 0.410 e. The van der Waals surface area contributed by atoms with Crippen LogP contribution in [-0.4, -0.2) is 71.8 Å². The molecule has 1 atom stereocenters. The number of piperidine rings is 1. The van der Waals surface area contributed by atoms with Crippen LogP contribution in [0.1, 0.15) is 33.6 Å². The van der Waals surface area contributed by atoms with E-state index in [1.807, 2.05) is 32.7 Å². The summed E-state index contributed by atoms with van der Waals surface area (Å²) in [5.41, 5.74) is -0.452. The van der Waals surface area contributed by atoms with Crippen LogP contribution >= 0.6 is 11.8 Å². The molecule has 7 heteroatoms. The predicted octanol–water partition coefficient (Wildman–Crippen LogP) is 1.75. The van der Waals surface area contributed by atoms with E-state index < -0.39 is 5.60 Å². The standard InChI is InChI=1S/C16H29N3O3S/c1-16(2,3)22-15(21)19-7-5-12(6-8-19)9-18(4)14(20)13-10-23-11-17-13/h12-13,17H,5-11H2,1-4H3. The summed E-state index contributed by atoms with van der Waals surface area (Å²) >= 11 is 1.77. The van der Waals surface area contributed by atoms with Gasteiger partial charge < -0.3 is 14.5 Å². The zero-order valence-electron chi connectivity index (χ0n) is 14.6. The lowest BCUT2D eigenvalue weighted by atomic mass is 9.96. The Labute approximate surface area is 143 Å². The second kappa shape index (κ2) is 7.75. The Morgan fingerprint density at radius 1 is 1.30 bits per heavy atom. The van der Waals surface area contributed by atoms with Crippen LogP contribution in [0.15, 0.2) is 0 Å². The molecular formula is C16H29N3O3S. The molecule has 1 N–H and O–H groups in total. The van der Waals surface area contributed by atoms with Crippen molar-refractivity contribution in [2.75, 3.05) is 38.3 Å². The summed E-state index contributed by atoms with van der Waals surface area (Å²) in [7, 11) is 1.88. The van der Waals surface area contributed by atoms with Crippen LogP contribution < -0.4 is 5.32 Å². The summed E-state index contributed by atoms with van der Waals surface area (Å²) < 4.78 is 5.41. The first-order valence-electron chi connectivity index (χ1n) is 8.30. The lowest BCUT2D eigenvalue weighted by molar-refractivity contribution is -0.132. The number of amides is 2. The second-order valence-electron chi connectivity index (χ2n) is 7.40. The molecule has 0 aromatic carbocycles. The van der Waals surface area contributed by atoms with Gasteiger partial charge in [-0.05, 0) is 39.5 Å². The van der Waals surface area contributed by atoms with Crippen LogP contribution in [0.3, 0.4) is 0 Å². The highest BCUT2D eigenvalue weighted by molar-refractivity contribution is 7.99. The van der Waals surface area contributed by atoms with Crippen molar-refractivity contribution in [2.45, 2.75) is 45.3 Å². The van der Waals surface area contributed by atoms with Gasteiger partial charge in [0.05, 0.1) is 6.04 Å². The zero-order valence-corrected chi connectivity index (χ0v) is 15.4. The normalized spacial score (nSPS) is 23.0. The number of likely N-dealkylation sites (N-methyl/N-ethyl adjacent to an activating group) is 1. The third kappa shape index (κ3) is 5.57. The van der Waals surface area contributed by atoms with Crippen molar-refractivity contribution in [3.63, 3.8) is 0 Å². The van der Waals surface area contributed by atoms with E-state index in [0.29, 0.717) is 19.0 Å². The Balaban J connectivity index is 1.73. The van der Waals surface area contributed by atoms with Gasteiger partial charge in [0.15, 0.2) is 0 Å². The molecule has 2 saturated heterocycles. The summed E-state index contributed by atoms with van der Waals surface area (Å²) in [4.78, 5) is 28.0. The number of hydrogen-bond donors (Lipinski definition) is 1. The summed E-state index contributed by atoms with van der Waals surface area (Å²) in [6, 6.07) is -0.0353. The fraction of sp³-hybridized carbons (Fsp3) is 0.875. The molecular weight excluding hydrogens is 314 g/mol. The summed E-state index contributed by atoms with van der Waals surface area (Å²) in [5.74, 6) is 2.36. The smallest absolute Gasteiger partial charge is 0.410 e. The second-order valence-corrected chi connectivity index (χ2v) is 8.43. The monoisotopic (exact) mass is 343 g/mol. The lowest BCUT2D eigenvalue weighted by Crippen LogP contribution is -2.47. The highest BCUT2D eigenvalue weighted by atomic mass is 32.2. The van der Waals surface area contributed by atoms with Crippen molar-refractivity contribution in [3.8, 4) is 0 Å². The lowest BCUT2D eigenvalue weighted by Gasteiger charge is -2.35. The third-order valence-corrected chi connectivity index (χ3v) is 5.13. The van der Waals surface area contributed by atoms with E-state index in [2.05, 4.69) is 5.32 Å². The summed E-state index contributed by atoms with van der Waals surface area (Å²) in [5, 5.41) is 3.22. The number of ether oxygens (including phenoxy) is 1. The van der Waals surface area contributed by atoms with Crippen molar-refractivity contribution in [1.29, 1.82) is 0 Å². The van der Waals surface area contributed by atoms with E-state index in [1.54, 1.807) is 16.7 Å². The van der Waals surface area contributed by atoms with Gasteiger partial charge in [0, 0.05) is 38.3 Å². The quantitative estimate of drug-likeness (QED) is 0.846. The predicted molar refractivity (Wildman–Crippen MR) is 92.4 cm³/mol. The number of likely N-dealkylation sites (tertiary alicyclic amines) is 1. The minimum absolute atomic E-state index is 0.0353. The molecule has 2 amide bonds. The molecule has 2 fully saturated rings. The van der Waals surface area contributed by atoms with Gasteiger partial charge in [-0.3, -0.25) is 10.1 Å². The minimum atomic E-state index is -0.452. The molecule has 0 aliphatic carbocycles. The Bertz CT molecular complexity index is 425. The molecule has 0 aromatic rings. The number of carbonyl (C=O) groups excluding carboxylic acids is 2. The van der Waals surface area contributed by atoms with Crippen LogP contribution in [0.4, 0.5) is 4.79 Å². The molecule has 23 heavy (non-hydrogen) atoms. The van der Waals surface area contributed by atoms with E-state index in [-0.39, 0.29) is 18.0 Å². The van der Waals surface area contributed by atoms with Crippen LogP contribution in [0, 0.1) is 5.92 Å². The van der Waals surface area contributed by atoms with Crippen LogP contribution in [0.25, 0.3) is 0 Å². The molecule has 2 heterocycles. The number of rotatable bonds is 3. The third-order valence-electron chi connectivity index (χ3n) is 4.19. The zero-order chi connectivity index (χ0) is 17.0. The van der Waals surface area contributed by atoms with Crippen molar-refractivity contribution in [2.24, 2.45) is 5.92 Å². The van der Waals surface area contributed by atoms with E-state index in [4.69, 9.17) is 4.74 Å². The van der Waals surface area contributed by atoms with Crippen LogP contribution in [-0.2, 0) is 9.53 Å². The largest absolute Gasteiger partial charge is 0.444 e. The van der Waals surface area contributed by atoms with Gasteiger partial charge >= 0.3 is 6.09 Å².